The molecular formula is C24H32Cl2N4O3. The van der Waals surface area contributed by atoms with Gasteiger partial charge < -0.3 is 14.6 Å². The van der Waals surface area contributed by atoms with Crippen molar-refractivity contribution >= 4 is 29.1 Å². The summed E-state index contributed by atoms with van der Waals surface area (Å²) in [6.45, 7) is 3.48. The van der Waals surface area contributed by atoms with Crippen molar-refractivity contribution in [2.45, 2.75) is 64.0 Å². The number of benzene rings is 1. The van der Waals surface area contributed by atoms with E-state index >= 15 is 0 Å². The van der Waals surface area contributed by atoms with Crippen LogP contribution in [0.3, 0.4) is 0 Å². The Morgan fingerprint density at radius 3 is 2.85 bits per heavy atom. The minimum Gasteiger partial charge on any atom is -0.378 e. The standard InChI is InChI=1S/C24H32Cl2N4O3/c25-18-9-10-20(21(26)14-18)23-28-22(33-29-23)16-30-12-4-6-17(15-30)24(31)27-11-5-13-32-19-7-2-1-3-8-19/h9-10,14,17,19H,1-8,11-13,15-16H2,(H,27,31). The highest BCUT2D eigenvalue weighted by atomic mass is 35.5. The molecule has 33 heavy (non-hydrogen) atoms. The van der Waals surface area contributed by atoms with Crippen LogP contribution in [-0.2, 0) is 16.1 Å². The first-order valence-corrected chi connectivity index (χ1v) is 12.7. The maximum Gasteiger partial charge on any atom is 0.241 e. The molecule has 7 nitrogen and oxygen atoms in total. The second-order valence-electron chi connectivity index (χ2n) is 8.99. The number of carbonyl (C=O) groups excluding carboxylic acids is 1. The van der Waals surface area contributed by atoms with Crippen molar-refractivity contribution in [3.05, 3.63) is 34.1 Å². The van der Waals surface area contributed by atoms with Gasteiger partial charge in [0.15, 0.2) is 0 Å². The molecule has 2 fully saturated rings. The average molecular weight is 495 g/mol. The van der Waals surface area contributed by atoms with Crippen molar-refractivity contribution in [1.82, 2.24) is 20.4 Å². The normalized spacial score (nSPS) is 20.1. The Balaban J connectivity index is 1.20. The topological polar surface area (TPSA) is 80.5 Å². The summed E-state index contributed by atoms with van der Waals surface area (Å²) < 4.78 is 11.4. The zero-order valence-electron chi connectivity index (χ0n) is 18.9. The Kier molecular flexibility index (Phi) is 9.01. The number of carbonyl (C=O) groups is 1. The third-order valence-electron chi connectivity index (χ3n) is 6.40. The van der Waals surface area contributed by atoms with E-state index in [0.29, 0.717) is 53.1 Å². The molecule has 1 saturated heterocycles. The van der Waals surface area contributed by atoms with Crippen molar-refractivity contribution in [3.63, 3.8) is 0 Å². The number of hydrogen-bond acceptors (Lipinski definition) is 6. The number of hydrogen-bond donors (Lipinski definition) is 1. The van der Waals surface area contributed by atoms with Crippen molar-refractivity contribution in [2.75, 3.05) is 26.2 Å². The predicted molar refractivity (Wildman–Crippen MR) is 128 cm³/mol. The van der Waals surface area contributed by atoms with E-state index in [9.17, 15) is 4.79 Å². The minimum absolute atomic E-state index is 0.0221. The van der Waals surface area contributed by atoms with Gasteiger partial charge in [-0.25, -0.2) is 0 Å². The van der Waals surface area contributed by atoms with Gasteiger partial charge >= 0.3 is 0 Å². The minimum atomic E-state index is -0.0221. The number of ether oxygens (including phenoxy) is 1. The first kappa shape index (κ1) is 24.5. The zero-order chi connectivity index (χ0) is 23.0. The van der Waals surface area contributed by atoms with Gasteiger partial charge in [-0.15, -0.1) is 0 Å². The van der Waals surface area contributed by atoms with Gasteiger partial charge in [-0.2, -0.15) is 4.98 Å². The van der Waals surface area contributed by atoms with E-state index in [4.69, 9.17) is 32.5 Å². The Morgan fingerprint density at radius 2 is 2.03 bits per heavy atom. The van der Waals surface area contributed by atoms with E-state index in [1.165, 1.54) is 32.1 Å². The summed E-state index contributed by atoms with van der Waals surface area (Å²) in [6, 6.07) is 5.18. The number of halogens is 2. The maximum atomic E-state index is 12.7. The van der Waals surface area contributed by atoms with E-state index < -0.39 is 0 Å². The summed E-state index contributed by atoms with van der Waals surface area (Å²) in [7, 11) is 0. The van der Waals surface area contributed by atoms with E-state index in [0.717, 1.165) is 32.4 Å². The molecule has 1 aliphatic heterocycles. The van der Waals surface area contributed by atoms with Gasteiger partial charge in [-0.1, -0.05) is 47.6 Å². The molecule has 9 heteroatoms. The van der Waals surface area contributed by atoms with Crippen LogP contribution in [0.2, 0.25) is 10.0 Å². The van der Waals surface area contributed by atoms with Crippen LogP contribution in [0.1, 0.15) is 57.3 Å². The fourth-order valence-electron chi connectivity index (χ4n) is 4.61. The first-order valence-electron chi connectivity index (χ1n) is 12.0. The molecule has 1 saturated carbocycles. The van der Waals surface area contributed by atoms with Crippen LogP contribution in [0.5, 0.6) is 0 Å². The van der Waals surface area contributed by atoms with Gasteiger partial charge in [0, 0.05) is 30.3 Å². The Labute approximate surface area is 205 Å². The lowest BCUT2D eigenvalue weighted by atomic mass is 9.97. The fraction of sp³-hybridized carbons (Fsp3) is 0.625. The molecule has 1 aliphatic carbocycles. The molecule has 0 spiro atoms. The monoisotopic (exact) mass is 494 g/mol. The quantitative estimate of drug-likeness (QED) is 0.487. The van der Waals surface area contributed by atoms with E-state index in [1.54, 1.807) is 18.2 Å². The van der Waals surface area contributed by atoms with E-state index in [2.05, 4.69) is 20.4 Å². The molecule has 2 heterocycles. The molecule has 0 radical (unpaired) electrons. The summed E-state index contributed by atoms with van der Waals surface area (Å²) in [4.78, 5) is 19.3. The number of amides is 1. The summed E-state index contributed by atoms with van der Waals surface area (Å²) in [5.41, 5.74) is 0.680. The van der Waals surface area contributed by atoms with Gasteiger partial charge in [-0.3, -0.25) is 9.69 Å². The molecule has 1 unspecified atom stereocenters. The third-order valence-corrected chi connectivity index (χ3v) is 6.95. The largest absolute Gasteiger partial charge is 0.378 e. The van der Waals surface area contributed by atoms with Gasteiger partial charge in [0.2, 0.25) is 17.6 Å². The van der Waals surface area contributed by atoms with E-state index in [1.807, 2.05) is 0 Å². The Bertz CT molecular complexity index is 917. The van der Waals surface area contributed by atoms with Gasteiger partial charge in [0.05, 0.1) is 23.6 Å². The van der Waals surface area contributed by atoms with Crippen LogP contribution in [0.4, 0.5) is 0 Å². The van der Waals surface area contributed by atoms with Crippen LogP contribution in [0.25, 0.3) is 11.4 Å². The molecule has 2 aliphatic rings. The van der Waals surface area contributed by atoms with Crippen molar-refractivity contribution in [1.29, 1.82) is 0 Å². The molecule has 1 amide bonds. The van der Waals surface area contributed by atoms with Crippen molar-refractivity contribution in [2.24, 2.45) is 5.92 Å². The molecule has 1 aromatic carbocycles. The number of nitrogens with one attached hydrogen (secondary N) is 1. The highest BCUT2D eigenvalue weighted by Gasteiger charge is 2.27. The maximum absolute atomic E-state index is 12.7. The molecular weight excluding hydrogens is 463 g/mol. The van der Waals surface area contributed by atoms with Crippen molar-refractivity contribution in [3.8, 4) is 11.4 Å². The molecule has 180 valence electrons. The Morgan fingerprint density at radius 1 is 1.18 bits per heavy atom. The summed E-state index contributed by atoms with van der Waals surface area (Å²) in [5, 5.41) is 8.18. The van der Waals surface area contributed by atoms with Crippen LogP contribution >= 0.6 is 23.2 Å². The number of nitrogens with zero attached hydrogens (tertiary/aromatic N) is 3. The van der Waals surface area contributed by atoms with Gasteiger partial charge in [0.25, 0.3) is 0 Å². The zero-order valence-corrected chi connectivity index (χ0v) is 20.4. The Hall–Kier alpha value is -1.67. The third kappa shape index (κ3) is 7.15. The van der Waals surface area contributed by atoms with Crippen LogP contribution in [0, 0.1) is 5.92 Å². The van der Waals surface area contributed by atoms with E-state index in [-0.39, 0.29) is 11.8 Å². The number of aromatic nitrogens is 2. The molecule has 1 N–H and O–H groups in total. The number of piperidine rings is 1. The van der Waals surface area contributed by atoms with Crippen LogP contribution < -0.4 is 5.32 Å². The lowest BCUT2D eigenvalue weighted by Gasteiger charge is -2.30. The lowest BCUT2D eigenvalue weighted by molar-refractivity contribution is -0.126. The van der Waals surface area contributed by atoms with Crippen LogP contribution in [0.15, 0.2) is 22.7 Å². The molecule has 4 rings (SSSR count). The average Bonchev–Trinajstić information content (AvgIpc) is 3.27. The van der Waals surface area contributed by atoms with Gasteiger partial charge in [-0.05, 0) is 56.8 Å². The number of rotatable bonds is 9. The predicted octanol–water partition coefficient (Wildman–Crippen LogP) is 5.11. The molecule has 1 atom stereocenters. The summed E-state index contributed by atoms with van der Waals surface area (Å²) in [6.07, 6.45) is 9.39. The molecule has 0 bridgehead atoms. The summed E-state index contributed by atoms with van der Waals surface area (Å²) in [5.74, 6) is 1.05. The molecule has 1 aromatic heterocycles. The second kappa shape index (κ2) is 12.2. The van der Waals surface area contributed by atoms with Crippen LogP contribution in [-0.4, -0.2) is 53.3 Å². The van der Waals surface area contributed by atoms with Gasteiger partial charge in [0.1, 0.15) is 0 Å². The smallest absolute Gasteiger partial charge is 0.241 e. The first-order chi connectivity index (χ1) is 16.1. The highest BCUT2D eigenvalue weighted by Crippen LogP contribution is 2.29. The highest BCUT2D eigenvalue weighted by molar-refractivity contribution is 6.36. The SMILES string of the molecule is O=C(NCCCOC1CCCCC1)C1CCCN(Cc2nc(-c3ccc(Cl)cc3Cl)no2)C1. The lowest BCUT2D eigenvalue weighted by Crippen LogP contribution is -2.43. The fourth-order valence-corrected chi connectivity index (χ4v) is 5.11. The van der Waals surface area contributed by atoms with Crippen molar-refractivity contribution < 1.29 is 14.1 Å². The summed E-state index contributed by atoms with van der Waals surface area (Å²) >= 11 is 12.2. The molecule has 2 aromatic rings. The number of likely N-dealkylation sites (tertiary alicyclic amines) is 1. The second-order valence-corrected chi connectivity index (χ2v) is 9.83.